The van der Waals surface area contributed by atoms with E-state index in [1.54, 1.807) is 0 Å². The van der Waals surface area contributed by atoms with Crippen molar-refractivity contribution in [3.05, 3.63) is 11.5 Å². The highest BCUT2D eigenvalue weighted by molar-refractivity contribution is 6.12. The van der Waals surface area contributed by atoms with Gasteiger partial charge in [0, 0.05) is 25.7 Å². The summed E-state index contributed by atoms with van der Waals surface area (Å²) in [6, 6.07) is 0. The second-order valence-corrected chi connectivity index (χ2v) is 8.02. The van der Waals surface area contributed by atoms with Crippen molar-refractivity contribution in [2.75, 3.05) is 0 Å². The number of hydrogen-bond acceptors (Lipinski definition) is 8. The summed E-state index contributed by atoms with van der Waals surface area (Å²) in [6.07, 6.45) is 6.85. The molecule has 0 radical (unpaired) electrons. The molecule has 8 nitrogen and oxygen atoms in total. The van der Waals surface area contributed by atoms with Crippen molar-refractivity contribution in [1.82, 2.24) is 0 Å². The predicted octanol–water partition coefficient (Wildman–Crippen LogP) is 2.76. The van der Waals surface area contributed by atoms with Gasteiger partial charge in [-0.15, -0.1) is 0 Å². The number of carbonyl (C=O) groups is 3. The Morgan fingerprint density at radius 3 is 1.59 bits per heavy atom. The van der Waals surface area contributed by atoms with Gasteiger partial charge in [-0.25, -0.2) is 4.79 Å². The van der Waals surface area contributed by atoms with Crippen LogP contribution in [0.15, 0.2) is 11.5 Å². The van der Waals surface area contributed by atoms with Crippen LogP contribution in [0.4, 0.5) is 0 Å². The van der Waals surface area contributed by atoms with E-state index in [4.69, 9.17) is 18.9 Å². The van der Waals surface area contributed by atoms with E-state index in [-0.39, 0.29) is 0 Å². The van der Waals surface area contributed by atoms with Gasteiger partial charge in [0.1, 0.15) is 5.57 Å². The average Bonchev–Trinajstić information content (AvgIpc) is 2.60. The van der Waals surface area contributed by atoms with Gasteiger partial charge in [-0.1, -0.05) is 12.8 Å². The minimum Gasteiger partial charge on any atom is -0.480 e. The smallest absolute Gasteiger partial charge is 0.346 e. The third kappa shape index (κ3) is 2.76. The maximum Gasteiger partial charge on any atom is 0.346 e. The molecule has 0 aromatic rings. The first-order valence-electron chi connectivity index (χ1n) is 9.63. The molecular weight excluding hydrogens is 356 g/mol. The highest BCUT2D eigenvalue weighted by Crippen LogP contribution is 2.48. The molecule has 2 heterocycles. The van der Waals surface area contributed by atoms with Gasteiger partial charge in [0.15, 0.2) is 0 Å². The standard InChI is InChI=1S/C19H24O8/c1-17(15(22)26-19(27-16(17)23)10-6-3-7-11-19)12-13(20)24-18(25-14(12)21)8-4-2-5-9-18/h20H,2-11H2,1H3. The number of aliphatic hydroxyl groups excluding tert-OH is 1. The zero-order valence-corrected chi connectivity index (χ0v) is 15.4. The summed E-state index contributed by atoms with van der Waals surface area (Å²) in [5.41, 5.74) is -2.68. The predicted molar refractivity (Wildman–Crippen MR) is 88.8 cm³/mol. The Hall–Kier alpha value is -2.25. The molecule has 3 fully saturated rings. The van der Waals surface area contributed by atoms with Gasteiger partial charge in [-0.2, -0.15) is 0 Å². The van der Waals surface area contributed by atoms with E-state index >= 15 is 0 Å². The van der Waals surface area contributed by atoms with Crippen LogP contribution in [0.2, 0.25) is 0 Å². The van der Waals surface area contributed by atoms with Crippen molar-refractivity contribution >= 4 is 17.9 Å². The molecule has 8 heteroatoms. The summed E-state index contributed by atoms with van der Waals surface area (Å²) < 4.78 is 22.0. The second kappa shape index (κ2) is 6.14. The van der Waals surface area contributed by atoms with Crippen LogP contribution in [0.5, 0.6) is 0 Å². The SMILES string of the molecule is CC1(C2=C(O)OC3(CCCCC3)OC2=O)C(=O)OC2(CCCCC2)OC1=O. The number of esters is 3. The monoisotopic (exact) mass is 380 g/mol. The van der Waals surface area contributed by atoms with Crippen LogP contribution >= 0.6 is 0 Å². The lowest BCUT2D eigenvalue weighted by Crippen LogP contribution is -2.59. The van der Waals surface area contributed by atoms with Crippen LogP contribution in [-0.4, -0.2) is 34.6 Å². The molecule has 0 unspecified atom stereocenters. The number of carbonyl (C=O) groups excluding carboxylic acids is 3. The van der Waals surface area contributed by atoms with Crippen molar-refractivity contribution in [2.24, 2.45) is 5.41 Å². The van der Waals surface area contributed by atoms with Crippen LogP contribution in [0, 0.1) is 5.41 Å². The van der Waals surface area contributed by atoms with E-state index in [1.165, 1.54) is 6.92 Å². The second-order valence-electron chi connectivity index (χ2n) is 8.02. The third-order valence-corrected chi connectivity index (χ3v) is 6.08. The number of aliphatic hydroxyl groups is 1. The first kappa shape index (κ1) is 18.1. The Kier molecular flexibility index (Phi) is 4.12. The fraction of sp³-hybridized carbons (Fsp3) is 0.737. The Morgan fingerprint density at radius 2 is 1.15 bits per heavy atom. The molecule has 148 valence electrons. The molecule has 2 spiro atoms. The van der Waals surface area contributed by atoms with Crippen molar-refractivity contribution in [3.63, 3.8) is 0 Å². The van der Waals surface area contributed by atoms with Gasteiger partial charge < -0.3 is 24.1 Å². The summed E-state index contributed by atoms with van der Waals surface area (Å²) in [7, 11) is 0. The molecule has 0 atom stereocenters. The Bertz CT molecular complexity index is 689. The van der Waals surface area contributed by atoms with E-state index < -0.39 is 46.4 Å². The average molecular weight is 380 g/mol. The van der Waals surface area contributed by atoms with E-state index in [0.717, 1.165) is 38.5 Å². The van der Waals surface area contributed by atoms with E-state index in [2.05, 4.69) is 0 Å². The number of hydrogen-bond donors (Lipinski definition) is 1. The Balaban J connectivity index is 1.65. The number of rotatable bonds is 1. The van der Waals surface area contributed by atoms with E-state index in [1.807, 2.05) is 0 Å². The van der Waals surface area contributed by atoms with Gasteiger partial charge in [0.05, 0.1) is 0 Å². The highest BCUT2D eigenvalue weighted by Gasteiger charge is 2.63. The minimum absolute atomic E-state index is 0.426. The van der Waals surface area contributed by atoms with Crippen LogP contribution in [0.25, 0.3) is 0 Å². The maximum atomic E-state index is 12.8. The molecule has 2 aliphatic carbocycles. The third-order valence-electron chi connectivity index (χ3n) is 6.08. The molecule has 0 bridgehead atoms. The lowest BCUT2D eigenvalue weighted by atomic mass is 9.79. The summed E-state index contributed by atoms with van der Waals surface area (Å²) in [5.74, 6) is -6.07. The zero-order chi connectivity index (χ0) is 19.3. The normalized spacial score (nSPS) is 29.0. The van der Waals surface area contributed by atoms with Crippen molar-refractivity contribution in [2.45, 2.75) is 82.7 Å². The molecular formula is C19H24O8. The quantitative estimate of drug-likeness (QED) is 0.546. The Labute approximate surface area is 156 Å². The van der Waals surface area contributed by atoms with Gasteiger partial charge in [0.25, 0.3) is 17.5 Å². The molecule has 0 aromatic carbocycles. The van der Waals surface area contributed by atoms with Gasteiger partial charge in [-0.3, -0.25) is 9.59 Å². The molecule has 4 rings (SSSR count). The summed E-state index contributed by atoms with van der Waals surface area (Å²) in [6.45, 7) is 1.20. The van der Waals surface area contributed by atoms with E-state index in [9.17, 15) is 19.5 Å². The highest BCUT2D eigenvalue weighted by atomic mass is 16.8. The molecule has 0 aromatic heterocycles. The zero-order valence-electron chi connectivity index (χ0n) is 15.4. The molecule has 0 amide bonds. The first-order chi connectivity index (χ1) is 12.8. The van der Waals surface area contributed by atoms with Crippen molar-refractivity contribution in [1.29, 1.82) is 0 Å². The van der Waals surface area contributed by atoms with Crippen molar-refractivity contribution in [3.8, 4) is 0 Å². The van der Waals surface area contributed by atoms with Gasteiger partial charge >= 0.3 is 17.9 Å². The molecule has 2 saturated carbocycles. The lowest BCUT2D eigenvalue weighted by Gasteiger charge is -2.45. The van der Waals surface area contributed by atoms with Crippen LogP contribution in [-0.2, 0) is 33.3 Å². The molecule has 27 heavy (non-hydrogen) atoms. The minimum atomic E-state index is -2.12. The molecule has 1 saturated heterocycles. The van der Waals surface area contributed by atoms with Crippen LogP contribution < -0.4 is 0 Å². The summed E-state index contributed by atoms with van der Waals surface area (Å²) >= 11 is 0. The van der Waals surface area contributed by atoms with E-state index in [0.29, 0.717) is 25.7 Å². The van der Waals surface area contributed by atoms with Crippen LogP contribution in [0.1, 0.15) is 71.1 Å². The van der Waals surface area contributed by atoms with Crippen LogP contribution in [0.3, 0.4) is 0 Å². The fourth-order valence-electron chi connectivity index (χ4n) is 4.41. The van der Waals surface area contributed by atoms with Crippen molar-refractivity contribution < 1.29 is 38.4 Å². The largest absolute Gasteiger partial charge is 0.480 e. The number of ether oxygens (including phenoxy) is 4. The topological polar surface area (TPSA) is 108 Å². The molecule has 2 aliphatic heterocycles. The maximum absolute atomic E-state index is 12.8. The lowest BCUT2D eigenvalue weighted by molar-refractivity contribution is -0.274. The fourth-order valence-corrected chi connectivity index (χ4v) is 4.41. The molecule has 4 aliphatic rings. The first-order valence-corrected chi connectivity index (χ1v) is 9.63. The Morgan fingerprint density at radius 1 is 0.704 bits per heavy atom. The summed E-state index contributed by atoms with van der Waals surface area (Å²) in [5, 5.41) is 10.5. The summed E-state index contributed by atoms with van der Waals surface area (Å²) in [4.78, 5) is 38.4. The molecule has 1 N–H and O–H groups in total. The van der Waals surface area contributed by atoms with Gasteiger partial charge in [0.2, 0.25) is 5.41 Å². The van der Waals surface area contributed by atoms with Gasteiger partial charge in [-0.05, 0) is 32.6 Å².